The molecule has 0 atom stereocenters. The highest BCUT2D eigenvalue weighted by atomic mass is 16.5. The molecule has 1 fully saturated rings. The Balaban J connectivity index is 1.61. The molecule has 0 aromatic carbocycles. The number of hydrogen-bond acceptors (Lipinski definition) is 4. The number of pyridine rings is 1. The predicted octanol–water partition coefficient (Wildman–Crippen LogP) is 1.45. The van der Waals surface area contributed by atoms with Gasteiger partial charge in [-0.15, -0.1) is 0 Å². The summed E-state index contributed by atoms with van der Waals surface area (Å²) in [5.41, 5.74) is 6.65. The van der Waals surface area contributed by atoms with Gasteiger partial charge in [0.2, 0.25) is 0 Å². The van der Waals surface area contributed by atoms with Gasteiger partial charge in [0.1, 0.15) is 0 Å². The Hall–Kier alpha value is -0.970. The summed E-state index contributed by atoms with van der Waals surface area (Å²) in [5.74, 6) is 0. The van der Waals surface area contributed by atoms with Crippen molar-refractivity contribution in [3.63, 3.8) is 0 Å². The monoisotopic (exact) mass is 263 g/mol. The molecule has 2 heterocycles. The van der Waals surface area contributed by atoms with Crippen LogP contribution in [0.5, 0.6) is 0 Å². The summed E-state index contributed by atoms with van der Waals surface area (Å²) in [4.78, 5) is 6.88. The second kappa shape index (κ2) is 8.25. The van der Waals surface area contributed by atoms with Crippen LogP contribution in [0.4, 0.5) is 0 Å². The molecule has 2 N–H and O–H groups in total. The minimum Gasteiger partial charge on any atom is -0.378 e. The molecule has 19 heavy (non-hydrogen) atoms. The molecule has 1 aliphatic rings. The van der Waals surface area contributed by atoms with Crippen LogP contribution in [0.1, 0.15) is 25.0 Å². The fourth-order valence-corrected chi connectivity index (χ4v) is 2.45. The number of nitrogens with zero attached hydrogens (tertiary/aromatic N) is 2. The lowest BCUT2D eigenvalue weighted by molar-refractivity contribution is 0.00749. The molecule has 1 aliphatic heterocycles. The van der Waals surface area contributed by atoms with Gasteiger partial charge in [-0.3, -0.25) is 4.98 Å². The molecule has 4 heteroatoms. The van der Waals surface area contributed by atoms with Crippen molar-refractivity contribution in [2.75, 3.05) is 32.8 Å². The Bertz CT molecular complexity index is 337. The van der Waals surface area contributed by atoms with E-state index >= 15 is 0 Å². The summed E-state index contributed by atoms with van der Waals surface area (Å²) >= 11 is 0. The van der Waals surface area contributed by atoms with Crippen molar-refractivity contribution in [1.82, 2.24) is 9.88 Å². The highest BCUT2D eigenvalue weighted by Gasteiger charge is 2.19. The fraction of sp³-hybridized carbons (Fsp3) is 0.667. The lowest BCUT2D eigenvalue weighted by Gasteiger charge is -2.31. The van der Waals surface area contributed by atoms with Crippen molar-refractivity contribution in [2.45, 2.75) is 31.8 Å². The zero-order chi connectivity index (χ0) is 13.3. The van der Waals surface area contributed by atoms with Crippen LogP contribution in [0.2, 0.25) is 0 Å². The quantitative estimate of drug-likeness (QED) is 0.757. The van der Waals surface area contributed by atoms with Crippen LogP contribution in [-0.2, 0) is 11.2 Å². The molecule has 4 nitrogen and oxygen atoms in total. The highest BCUT2D eigenvalue weighted by Crippen LogP contribution is 2.14. The van der Waals surface area contributed by atoms with Crippen molar-refractivity contribution < 1.29 is 4.74 Å². The van der Waals surface area contributed by atoms with E-state index in [2.05, 4.69) is 22.0 Å². The van der Waals surface area contributed by atoms with Gasteiger partial charge in [0, 0.05) is 44.6 Å². The van der Waals surface area contributed by atoms with Crippen LogP contribution < -0.4 is 5.73 Å². The molecule has 1 aromatic rings. The van der Waals surface area contributed by atoms with Gasteiger partial charge >= 0.3 is 0 Å². The summed E-state index contributed by atoms with van der Waals surface area (Å²) < 4.78 is 5.82. The van der Waals surface area contributed by atoms with E-state index in [4.69, 9.17) is 10.5 Å². The number of ether oxygens (including phenoxy) is 1. The van der Waals surface area contributed by atoms with Crippen LogP contribution in [0.25, 0.3) is 0 Å². The average molecular weight is 263 g/mol. The van der Waals surface area contributed by atoms with Crippen LogP contribution >= 0.6 is 0 Å². The second-order valence-corrected chi connectivity index (χ2v) is 5.13. The summed E-state index contributed by atoms with van der Waals surface area (Å²) in [6.45, 7) is 4.92. The first kappa shape index (κ1) is 14.4. The largest absolute Gasteiger partial charge is 0.378 e. The smallest absolute Gasteiger partial charge is 0.0599 e. The molecule has 1 saturated heterocycles. The normalized spacial score (nSPS) is 17.7. The van der Waals surface area contributed by atoms with Gasteiger partial charge in [0.05, 0.1) is 6.10 Å². The van der Waals surface area contributed by atoms with Gasteiger partial charge in [0.25, 0.3) is 0 Å². The molecule has 0 radical (unpaired) electrons. The van der Waals surface area contributed by atoms with Crippen LogP contribution in [0, 0.1) is 0 Å². The standard InChI is InChI=1S/C15H25N3O/c16-8-3-13-19-15-6-11-18(12-7-15)10-5-14-4-1-2-9-17-14/h1-2,4,9,15H,3,5-8,10-13,16H2. The van der Waals surface area contributed by atoms with E-state index in [-0.39, 0.29) is 0 Å². The Morgan fingerprint density at radius 2 is 2.16 bits per heavy atom. The molecule has 1 aromatic heterocycles. The molecular formula is C15H25N3O. The molecule has 0 bridgehead atoms. The van der Waals surface area contributed by atoms with E-state index in [0.29, 0.717) is 6.10 Å². The number of hydrogen-bond donors (Lipinski definition) is 1. The van der Waals surface area contributed by atoms with Crippen molar-refractivity contribution >= 4 is 0 Å². The summed E-state index contributed by atoms with van der Waals surface area (Å²) in [7, 11) is 0. The Morgan fingerprint density at radius 3 is 2.84 bits per heavy atom. The lowest BCUT2D eigenvalue weighted by Crippen LogP contribution is -2.38. The van der Waals surface area contributed by atoms with Gasteiger partial charge in [-0.05, 0) is 37.9 Å². The Labute approximate surface area is 116 Å². The van der Waals surface area contributed by atoms with Crippen LogP contribution in [0.15, 0.2) is 24.4 Å². The third-order valence-electron chi connectivity index (χ3n) is 3.65. The van der Waals surface area contributed by atoms with E-state index in [1.54, 1.807) is 0 Å². The SMILES string of the molecule is NCCCOC1CCN(CCc2ccccn2)CC1. The minimum absolute atomic E-state index is 0.442. The number of aromatic nitrogens is 1. The van der Waals surface area contributed by atoms with E-state index in [1.165, 1.54) is 5.69 Å². The van der Waals surface area contributed by atoms with Crippen molar-refractivity contribution in [1.29, 1.82) is 0 Å². The van der Waals surface area contributed by atoms with E-state index in [9.17, 15) is 0 Å². The predicted molar refractivity (Wildman–Crippen MR) is 77.0 cm³/mol. The molecule has 106 valence electrons. The molecule has 0 amide bonds. The zero-order valence-electron chi connectivity index (χ0n) is 11.6. The van der Waals surface area contributed by atoms with E-state index < -0.39 is 0 Å². The molecule has 0 saturated carbocycles. The lowest BCUT2D eigenvalue weighted by atomic mass is 10.1. The van der Waals surface area contributed by atoms with Gasteiger partial charge < -0.3 is 15.4 Å². The average Bonchev–Trinajstić information content (AvgIpc) is 2.48. The number of piperidine rings is 1. The first-order valence-electron chi connectivity index (χ1n) is 7.32. The number of rotatable bonds is 7. The third kappa shape index (κ3) is 5.27. The van der Waals surface area contributed by atoms with E-state index in [0.717, 1.165) is 58.5 Å². The summed E-state index contributed by atoms with van der Waals surface area (Å²) in [5, 5.41) is 0. The molecule has 0 spiro atoms. The van der Waals surface area contributed by atoms with Crippen molar-refractivity contribution in [2.24, 2.45) is 5.73 Å². The minimum atomic E-state index is 0.442. The zero-order valence-corrected chi connectivity index (χ0v) is 11.6. The maximum atomic E-state index is 5.82. The maximum absolute atomic E-state index is 5.82. The van der Waals surface area contributed by atoms with Crippen molar-refractivity contribution in [3.8, 4) is 0 Å². The topological polar surface area (TPSA) is 51.4 Å². The maximum Gasteiger partial charge on any atom is 0.0599 e. The highest BCUT2D eigenvalue weighted by molar-refractivity contribution is 5.03. The van der Waals surface area contributed by atoms with Crippen LogP contribution in [-0.4, -0.2) is 48.8 Å². The van der Waals surface area contributed by atoms with Gasteiger partial charge in [-0.2, -0.15) is 0 Å². The summed E-state index contributed by atoms with van der Waals surface area (Å²) in [6, 6.07) is 6.12. The number of nitrogens with two attached hydrogens (primary N) is 1. The molecule has 2 rings (SSSR count). The molecule has 0 unspecified atom stereocenters. The van der Waals surface area contributed by atoms with Crippen LogP contribution in [0.3, 0.4) is 0 Å². The van der Waals surface area contributed by atoms with E-state index in [1.807, 2.05) is 12.3 Å². The number of likely N-dealkylation sites (tertiary alicyclic amines) is 1. The van der Waals surface area contributed by atoms with Gasteiger partial charge in [-0.1, -0.05) is 6.07 Å². The second-order valence-electron chi connectivity index (χ2n) is 5.13. The summed E-state index contributed by atoms with van der Waals surface area (Å²) in [6.07, 6.45) is 6.61. The van der Waals surface area contributed by atoms with Crippen molar-refractivity contribution in [3.05, 3.63) is 30.1 Å². The Kier molecular flexibility index (Phi) is 6.27. The third-order valence-corrected chi connectivity index (χ3v) is 3.65. The van der Waals surface area contributed by atoms with Gasteiger partial charge in [0.15, 0.2) is 0 Å². The fourth-order valence-electron chi connectivity index (χ4n) is 2.45. The molecule has 0 aliphatic carbocycles. The molecular weight excluding hydrogens is 238 g/mol. The Morgan fingerprint density at radius 1 is 1.32 bits per heavy atom. The first-order chi connectivity index (χ1) is 9.38. The van der Waals surface area contributed by atoms with Gasteiger partial charge in [-0.25, -0.2) is 0 Å². The first-order valence-corrected chi connectivity index (χ1v) is 7.32.